The van der Waals surface area contributed by atoms with E-state index in [0.717, 1.165) is 30.5 Å². The average molecular weight is 476 g/mol. The minimum Gasteiger partial charge on any atom is -0.481 e. The van der Waals surface area contributed by atoms with Crippen molar-refractivity contribution in [3.05, 3.63) is 69.7 Å². The summed E-state index contributed by atoms with van der Waals surface area (Å²) in [4.78, 5) is 26.8. The molecule has 0 amide bonds. The Morgan fingerprint density at radius 1 is 1.16 bits per heavy atom. The van der Waals surface area contributed by atoms with Crippen LogP contribution in [-0.4, -0.2) is 40.6 Å². The van der Waals surface area contributed by atoms with Crippen molar-refractivity contribution in [2.75, 3.05) is 13.1 Å². The standard InChI is InChI=1S/C25H27Cl2NO4/c1-25(28-11-3-4-16(15-28)12-22(29)30)14-21(18-5-2-6-20(27)13-18)23(32-24(25)31)17-7-9-19(26)10-8-17/h2,5-10,13,16,21,23H,3-4,11-12,14-15H2,1H3,(H,29,30)/t16?,21-,23-,25-/m1/s1. The van der Waals surface area contributed by atoms with E-state index in [1.54, 1.807) is 12.1 Å². The second-order valence-corrected chi connectivity index (χ2v) is 9.94. The molecule has 7 heteroatoms. The predicted molar refractivity (Wildman–Crippen MR) is 124 cm³/mol. The van der Waals surface area contributed by atoms with Crippen LogP contribution in [-0.2, 0) is 14.3 Å². The Balaban J connectivity index is 1.67. The number of nitrogens with zero attached hydrogens (tertiary/aromatic N) is 1. The molecule has 32 heavy (non-hydrogen) atoms. The van der Waals surface area contributed by atoms with E-state index in [2.05, 4.69) is 4.90 Å². The first-order valence-electron chi connectivity index (χ1n) is 10.9. The molecule has 5 nitrogen and oxygen atoms in total. The maximum absolute atomic E-state index is 13.4. The van der Waals surface area contributed by atoms with E-state index < -0.39 is 17.6 Å². The number of benzene rings is 2. The SMILES string of the molecule is C[C@@]1(N2CCCC(CC(=O)O)C2)C[C@H](c2cccc(Cl)c2)[C@@H](c2ccc(Cl)cc2)OC1=O. The van der Waals surface area contributed by atoms with E-state index >= 15 is 0 Å². The van der Waals surface area contributed by atoms with Crippen LogP contribution >= 0.6 is 23.2 Å². The van der Waals surface area contributed by atoms with Crippen molar-refractivity contribution in [1.29, 1.82) is 0 Å². The molecular formula is C25H27Cl2NO4. The molecule has 0 radical (unpaired) electrons. The molecule has 4 atom stereocenters. The highest BCUT2D eigenvalue weighted by Gasteiger charge is 2.51. The third-order valence-electron chi connectivity index (χ3n) is 6.81. The maximum atomic E-state index is 13.4. The lowest BCUT2D eigenvalue weighted by molar-refractivity contribution is -0.177. The van der Waals surface area contributed by atoms with Crippen LogP contribution in [0, 0.1) is 5.92 Å². The van der Waals surface area contributed by atoms with Gasteiger partial charge in [0, 0.05) is 28.9 Å². The number of carboxylic acid groups (broad SMARTS) is 1. The van der Waals surface area contributed by atoms with E-state index in [-0.39, 0.29) is 24.2 Å². The molecule has 2 aliphatic heterocycles. The van der Waals surface area contributed by atoms with E-state index in [1.165, 1.54) is 0 Å². The zero-order chi connectivity index (χ0) is 22.9. The Kier molecular flexibility index (Phi) is 6.80. The molecule has 0 aliphatic carbocycles. The summed E-state index contributed by atoms with van der Waals surface area (Å²) in [5.74, 6) is -1.14. The predicted octanol–water partition coefficient (Wildman–Crippen LogP) is 5.71. The summed E-state index contributed by atoms with van der Waals surface area (Å²) in [6.45, 7) is 3.25. The summed E-state index contributed by atoms with van der Waals surface area (Å²) in [5.41, 5.74) is 1.06. The van der Waals surface area contributed by atoms with E-state index in [4.69, 9.17) is 27.9 Å². The molecule has 0 bridgehead atoms. The van der Waals surface area contributed by atoms with Gasteiger partial charge in [-0.15, -0.1) is 0 Å². The van der Waals surface area contributed by atoms with E-state index in [1.807, 2.05) is 43.3 Å². The van der Waals surface area contributed by atoms with Gasteiger partial charge in [-0.2, -0.15) is 0 Å². The Labute approximate surface area is 198 Å². The van der Waals surface area contributed by atoms with Crippen molar-refractivity contribution < 1.29 is 19.4 Å². The minimum atomic E-state index is -0.840. The van der Waals surface area contributed by atoms with Crippen molar-refractivity contribution in [3.63, 3.8) is 0 Å². The zero-order valence-electron chi connectivity index (χ0n) is 18.0. The molecule has 2 saturated heterocycles. The molecular weight excluding hydrogens is 449 g/mol. The summed E-state index contributed by atoms with van der Waals surface area (Å²) in [5, 5.41) is 10.5. The number of likely N-dealkylation sites (tertiary alicyclic amines) is 1. The van der Waals surface area contributed by atoms with Gasteiger partial charge in [-0.05, 0) is 74.0 Å². The molecule has 2 fully saturated rings. The molecule has 170 valence electrons. The van der Waals surface area contributed by atoms with Crippen molar-refractivity contribution in [1.82, 2.24) is 4.90 Å². The fraction of sp³-hybridized carbons (Fsp3) is 0.440. The molecule has 1 N–H and O–H groups in total. The lowest BCUT2D eigenvalue weighted by atomic mass is 9.75. The Morgan fingerprint density at radius 3 is 2.59 bits per heavy atom. The van der Waals surface area contributed by atoms with Crippen LogP contribution in [0.25, 0.3) is 0 Å². The van der Waals surface area contributed by atoms with Crippen LogP contribution in [0.1, 0.15) is 55.8 Å². The Hall–Kier alpha value is -2.08. The average Bonchev–Trinajstić information content (AvgIpc) is 2.76. The Bertz CT molecular complexity index is 996. The van der Waals surface area contributed by atoms with Gasteiger partial charge in [0.2, 0.25) is 0 Å². The first-order chi connectivity index (χ1) is 15.3. The van der Waals surface area contributed by atoms with Gasteiger partial charge in [-0.25, -0.2) is 0 Å². The summed E-state index contributed by atoms with van der Waals surface area (Å²) in [6.07, 6.45) is 1.94. The monoisotopic (exact) mass is 475 g/mol. The first kappa shape index (κ1) is 23.1. The van der Waals surface area contributed by atoms with Gasteiger partial charge in [-0.3, -0.25) is 14.5 Å². The van der Waals surface area contributed by atoms with Crippen LogP contribution in [0.3, 0.4) is 0 Å². The fourth-order valence-electron chi connectivity index (χ4n) is 5.11. The first-order valence-corrected chi connectivity index (χ1v) is 11.7. The molecule has 2 aromatic rings. The van der Waals surface area contributed by atoms with Crippen LogP contribution in [0.4, 0.5) is 0 Å². The van der Waals surface area contributed by atoms with Crippen molar-refractivity contribution in [2.24, 2.45) is 5.92 Å². The van der Waals surface area contributed by atoms with Gasteiger partial charge in [0.15, 0.2) is 0 Å². The van der Waals surface area contributed by atoms with Gasteiger partial charge in [0.05, 0.1) is 0 Å². The number of carboxylic acids is 1. The zero-order valence-corrected chi connectivity index (χ0v) is 19.5. The number of carbonyl (C=O) groups is 2. The highest BCUT2D eigenvalue weighted by Crippen LogP contribution is 2.47. The fourth-order valence-corrected chi connectivity index (χ4v) is 5.44. The number of hydrogen-bond donors (Lipinski definition) is 1. The van der Waals surface area contributed by atoms with E-state index in [9.17, 15) is 14.7 Å². The third-order valence-corrected chi connectivity index (χ3v) is 7.30. The number of ether oxygens (including phenoxy) is 1. The van der Waals surface area contributed by atoms with Crippen LogP contribution in [0.5, 0.6) is 0 Å². The summed E-state index contributed by atoms with van der Waals surface area (Å²) >= 11 is 12.4. The molecule has 0 saturated carbocycles. The maximum Gasteiger partial charge on any atom is 0.326 e. The second kappa shape index (κ2) is 9.42. The van der Waals surface area contributed by atoms with Gasteiger partial charge < -0.3 is 9.84 Å². The summed E-state index contributed by atoms with van der Waals surface area (Å²) in [6, 6.07) is 15.1. The van der Waals surface area contributed by atoms with Gasteiger partial charge in [-0.1, -0.05) is 47.5 Å². The minimum absolute atomic E-state index is 0.0319. The highest BCUT2D eigenvalue weighted by molar-refractivity contribution is 6.30. The lowest BCUT2D eigenvalue weighted by Crippen LogP contribution is -2.59. The number of esters is 1. The quantitative estimate of drug-likeness (QED) is 0.560. The van der Waals surface area contributed by atoms with Gasteiger partial charge in [0.1, 0.15) is 11.6 Å². The number of piperidine rings is 1. The number of rotatable bonds is 5. The summed E-state index contributed by atoms with van der Waals surface area (Å²) < 4.78 is 6.12. The number of halogens is 2. The molecule has 4 rings (SSSR count). The number of hydrogen-bond acceptors (Lipinski definition) is 4. The van der Waals surface area contributed by atoms with Crippen LogP contribution < -0.4 is 0 Å². The largest absolute Gasteiger partial charge is 0.481 e. The van der Waals surface area contributed by atoms with Crippen LogP contribution in [0.2, 0.25) is 10.0 Å². The second-order valence-electron chi connectivity index (χ2n) is 9.07. The Morgan fingerprint density at radius 2 is 1.91 bits per heavy atom. The summed E-state index contributed by atoms with van der Waals surface area (Å²) in [7, 11) is 0. The van der Waals surface area contributed by atoms with Crippen molar-refractivity contribution in [2.45, 2.75) is 50.2 Å². The molecule has 2 aliphatic rings. The molecule has 0 aromatic heterocycles. The lowest BCUT2D eigenvalue weighted by Gasteiger charge is -2.49. The molecule has 2 aromatic carbocycles. The van der Waals surface area contributed by atoms with Crippen molar-refractivity contribution in [3.8, 4) is 0 Å². The number of carbonyl (C=O) groups excluding carboxylic acids is 1. The third kappa shape index (κ3) is 4.80. The topological polar surface area (TPSA) is 66.8 Å². The molecule has 0 spiro atoms. The number of aliphatic carboxylic acids is 1. The van der Waals surface area contributed by atoms with Crippen molar-refractivity contribution >= 4 is 35.1 Å². The molecule has 1 unspecified atom stereocenters. The highest BCUT2D eigenvalue weighted by atomic mass is 35.5. The molecule has 2 heterocycles. The van der Waals surface area contributed by atoms with Gasteiger partial charge in [0.25, 0.3) is 0 Å². The number of cyclic esters (lactones) is 1. The van der Waals surface area contributed by atoms with Crippen LogP contribution in [0.15, 0.2) is 48.5 Å². The van der Waals surface area contributed by atoms with Gasteiger partial charge >= 0.3 is 11.9 Å². The smallest absolute Gasteiger partial charge is 0.326 e. The normalized spacial score (nSPS) is 28.8. The van der Waals surface area contributed by atoms with E-state index in [0.29, 0.717) is 23.0 Å².